The van der Waals surface area contributed by atoms with Crippen LogP contribution in [-0.4, -0.2) is 36.9 Å². The lowest BCUT2D eigenvalue weighted by atomic mass is 10.2. The van der Waals surface area contributed by atoms with E-state index in [9.17, 15) is 9.59 Å². The van der Waals surface area contributed by atoms with E-state index < -0.39 is 18.5 Å². The number of nitrogens with zero attached hydrogens (tertiary/aromatic N) is 1. The van der Waals surface area contributed by atoms with E-state index in [1.165, 1.54) is 12.3 Å². The molecule has 0 radical (unpaired) electrons. The molecule has 0 atom stereocenters. The van der Waals surface area contributed by atoms with Gasteiger partial charge in [-0.25, -0.2) is 4.79 Å². The van der Waals surface area contributed by atoms with Crippen LogP contribution in [-0.2, 0) is 9.53 Å². The summed E-state index contributed by atoms with van der Waals surface area (Å²) in [5.74, 6) is 0.127. The zero-order valence-electron chi connectivity index (χ0n) is 14.8. The Labute approximate surface area is 151 Å². The van der Waals surface area contributed by atoms with E-state index in [-0.39, 0.29) is 11.4 Å². The van der Waals surface area contributed by atoms with Crippen molar-refractivity contribution in [3.63, 3.8) is 0 Å². The highest BCUT2D eigenvalue weighted by atomic mass is 16.5. The molecule has 0 spiro atoms. The molecule has 0 aliphatic rings. The van der Waals surface area contributed by atoms with Gasteiger partial charge < -0.3 is 24.1 Å². The summed E-state index contributed by atoms with van der Waals surface area (Å²) in [6, 6.07) is 6.25. The smallest absolute Gasteiger partial charge is 0.338 e. The van der Waals surface area contributed by atoms with Crippen LogP contribution in [0.2, 0.25) is 0 Å². The summed E-state index contributed by atoms with van der Waals surface area (Å²) < 4.78 is 20.8. The summed E-state index contributed by atoms with van der Waals surface area (Å²) in [5, 5.41) is 5.97. The van der Waals surface area contributed by atoms with Gasteiger partial charge in [-0.15, -0.1) is 0 Å². The van der Waals surface area contributed by atoms with Crippen LogP contribution in [0.3, 0.4) is 0 Å². The molecule has 26 heavy (non-hydrogen) atoms. The maximum Gasteiger partial charge on any atom is 0.338 e. The molecule has 1 aromatic heterocycles. The van der Waals surface area contributed by atoms with E-state index in [2.05, 4.69) is 21.9 Å². The highest BCUT2D eigenvalue weighted by Gasteiger charge is 2.15. The van der Waals surface area contributed by atoms with Crippen molar-refractivity contribution < 1.29 is 28.3 Å². The quantitative estimate of drug-likeness (QED) is 0.512. The van der Waals surface area contributed by atoms with Gasteiger partial charge in [-0.3, -0.25) is 4.79 Å². The van der Waals surface area contributed by atoms with Gasteiger partial charge in [-0.1, -0.05) is 18.5 Å². The first-order chi connectivity index (χ1) is 12.6. The van der Waals surface area contributed by atoms with E-state index in [4.69, 9.17) is 14.2 Å². The number of amides is 1. The van der Waals surface area contributed by atoms with Crippen molar-refractivity contribution in [2.45, 2.75) is 26.7 Å². The molecule has 0 saturated heterocycles. The minimum Gasteiger partial charge on any atom is -0.490 e. The number of carbonyl (C=O) groups is 2. The molecule has 0 saturated carbocycles. The number of anilines is 1. The molecule has 0 fully saturated rings. The standard InChI is InChI=1S/C18H22N2O6/c1-3-5-9-24-14-7-6-13(11-15(14)23-4-2)18(22)25-12-17(21)19-16-8-10-26-20-16/h6-8,10-11H,3-5,9,12H2,1-2H3,(H,19,20,21). The molecule has 0 aliphatic heterocycles. The maximum absolute atomic E-state index is 12.1. The fourth-order valence-corrected chi connectivity index (χ4v) is 2.02. The van der Waals surface area contributed by atoms with E-state index in [0.717, 1.165) is 12.8 Å². The second-order valence-electron chi connectivity index (χ2n) is 5.31. The molecule has 0 aliphatic carbocycles. The van der Waals surface area contributed by atoms with E-state index in [1.54, 1.807) is 18.2 Å². The molecule has 1 N–H and O–H groups in total. The molecule has 140 valence electrons. The lowest BCUT2D eigenvalue weighted by Gasteiger charge is -2.13. The first-order valence-corrected chi connectivity index (χ1v) is 8.41. The number of aromatic nitrogens is 1. The summed E-state index contributed by atoms with van der Waals surface area (Å²) >= 11 is 0. The van der Waals surface area contributed by atoms with Crippen LogP contribution >= 0.6 is 0 Å². The van der Waals surface area contributed by atoms with Crippen LogP contribution in [0, 0.1) is 0 Å². The van der Waals surface area contributed by atoms with Gasteiger partial charge in [0.15, 0.2) is 23.9 Å². The van der Waals surface area contributed by atoms with Gasteiger partial charge >= 0.3 is 5.97 Å². The van der Waals surface area contributed by atoms with E-state index >= 15 is 0 Å². The van der Waals surface area contributed by atoms with Crippen LogP contribution < -0.4 is 14.8 Å². The largest absolute Gasteiger partial charge is 0.490 e. The van der Waals surface area contributed by atoms with Crippen LogP contribution in [0.1, 0.15) is 37.0 Å². The topological polar surface area (TPSA) is 99.9 Å². The van der Waals surface area contributed by atoms with E-state index in [1.807, 2.05) is 6.92 Å². The van der Waals surface area contributed by atoms with Gasteiger partial charge in [0.25, 0.3) is 5.91 Å². The van der Waals surface area contributed by atoms with Crippen LogP contribution in [0.25, 0.3) is 0 Å². The number of hydrogen-bond donors (Lipinski definition) is 1. The van der Waals surface area contributed by atoms with Crippen molar-refractivity contribution in [2.24, 2.45) is 0 Å². The SMILES string of the molecule is CCCCOc1ccc(C(=O)OCC(=O)Nc2ccon2)cc1OCC. The van der Waals surface area contributed by atoms with Gasteiger partial charge in [0.2, 0.25) is 0 Å². The highest BCUT2D eigenvalue weighted by molar-refractivity contribution is 5.95. The number of hydrogen-bond acceptors (Lipinski definition) is 7. The normalized spacial score (nSPS) is 10.2. The van der Waals surface area contributed by atoms with Crippen LogP contribution in [0.5, 0.6) is 11.5 Å². The first-order valence-electron chi connectivity index (χ1n) is 8.41. The molecule has 1 amide bonds. The number of unbranched alkanes of at least 4 members (excludes halogenated alkanes) is 1. The molecule has 8 heteroatoms. The number of ether oxygens (including phenoxy) is 3. The Hall–Kier alpha value is -3.03. The van der Waals surface area contributed by atoms with Crippen LogP contribution in [0.4, 0.5) is 5.82 Å². The van der Waals surface area contributed by atoms with Crippen molar-refractivity contribution >= 4 is 17.7 Å². The highest BCUT2D eigenvalue weighted by Crippen LogP contribution is 2.29. The van der Waals surface area contributed by atoms with Crippen molar-refractivity contribution in [3.05, 3.63) is 36.1 Å². The molecule has 2 aromatic rings. The van der Waals surface area contributed by atoms with Crippen molar-refractivity contribution in [1.29, 1.82) is 0 Å². The molecule has 1 aromatic carbocycles. The molecule has 2 rings (SSSR count). The Morgan fingerprint density at radius 3 is 2.69 bits per heavy atom. The third kappa shape index (κ3) is 5.80. The summed E-state index contributed by atoms with van der Waals surface area (Å²) in [5.41, 5.74) is 0.269. The number of esters is 1. The minimum absolute atomic E-state index is 0.248. The zero-order valence-corrected chi connectivity index (χ0v) is 14.8. The van der Waals surface area contributed by atoms with E-state index in [0.29, 0.717) is 24.7 Å². The second-order valence-corrected chi connectivity index (χ2v) is 5.31. The van der Waals surface area contributed by atoms with Gasteiger partial charge in [0, 0.05) is 6.07 Å². The zero-order chi connectivity index (χ0) is 18.8. The molecule has 8 nitrogen and oxygen atoms in total. The Morgan fingerprint density at radius 1 is 1.15 bits per heavy atom. The molecule has 0 unspecified atom stereocenters. The first kappa shape index (κ1) is 19.3. The third-order valence-electron chi connectivity index (χ3n) is 3.27. The number of carbonyl (C=O) groups excluding carboxylic acids is 2. The average molecular weight is 362 g/mol. The lowest BCUT2D eigenvalue weighted by molar-refractivity contribution is -0.119. The third-order valence-corrected chi connectivity index (χ3v) is 3.27. The summed E-state index contributed by atoms with van der Waals surface area (Å²) in [7, 11) is 0. The Balaban J connectivity index is 1.94. The molecular formula is C18H22N2O6. The van der Waals surface area contributed by atoms with Gasteiger partial charge in [-0.05, 0) is 31.5 Å². The monoisotopic (exact) mass is 362 g/mol. The van der Waals surface area contributed by atoms with Crippen molar-refractivity contribution in [3.8, 4) is 11.5 Å². The molecule has 1 heterocycles. The predicted octanol–water partition coefficient (Wildman–Crippen LogP) is 3.05. The molecule has 0 bridgehead atoms. The Morgan fingerprint density at radius 2 is 2.00 bits per heavy atom. The fraction of sp³-hybridized carbons (Fsp3) is 0.389. The van der Waals surface area contributed by atoms with Gasteiger partial charge in [0.05, 0.1) is 18.8 Å². The average Bonchev–Trinajstić information content (AvgIpc) is 3.14. The Kier molecular flexibility index (Phi) is 7.48. The van der Waals surface area contributed by atoms with Crippen molar-refractivity contribution in [1.82, 2.24) is 5.16 Å². The molecular weight excluding hydrogens is 340 g/mol. The summed E-state index contributed by atoms with van der Waals surface area (Å²) in [6.07, 6.45) is 3.27. The number of rotatable bonds is 10. The summed E-state index contributed by atoms with van der Waals surface area (Å²) in [6.45, 7) is 4.48. The van der Waals surface area contributed by atoms with Gasteiger partial charge in [0.1, 0.15) is 6.26 Å². The lowest BCUT2D eigenvalue weighted by Crippen LogP contribution is -2.21. The minimum atomic E-state index is -0.638. The maximum atomic E-state index is 12.1. The van der Waals surface area contributed by atoms with Gasteiger partial charge in [-0.2, -0.15) is 0 Å². The summed E-state index contributed by atoms with van der Waals surface area (Å²) in [4.78, 5) is 23.8. The van der Waals surface area contributed by atoms with Crippen LogP contribution in [0.15, 0.2) is 35.1 Å². The van der Waals surface area contributed by atoms with Crippen molar-refractivity contribution in [2.75, 3.05) is 25.1 Å². The number of benzene rings is 1. The predicted molar refractivity (Wildman–Crippen MR) is 93.4 cm³/mol. The number of nitrogens with one attached hydrogen (secondary N) is 1. The fourth-order valence-electron chi connectivity index (χ4n) is 2.02. The second kappa shape index (κ2) is 10.1. The Bertz CT molecular complexity index is 714.